The number of ether oxygens (including phenoxy) is 2. The van der Waals surface area contributed by atoms with Crippen molar-refractivity contribution in [1.82, 2.24) is 10.6 Å². The fourth-order valence-electron chi connectivity index (χ4n) is 6.76. The summed E-state index contributed by atoms with van der Waals surface area (Å²) in [4.78, 5) is 13.0. The van der Waals surface area contributed by atoms with Gasteiger partial charge >= 0.3 is 0 Å². The Morgan fingerprint density at radius 1 is 1.07 bits per heavy atom. The van der Waals surface area contributed by atoms with E-state index in [-0.39, 0.29) is 11.5 Å². The minimum absolute atomic E-state index is 0.00256. The molecule has 1 aromatic rings. The summed E-state index contributed by atoms with van der Waals surface area (Å²) in [6, 6.07) is 4.16. The Kier molecular flexibility index (Phi) is 4.97. The van der Waals surface area contributed by atoms with Gasteiger partial charge in [0.1, 0.15) is 12.7 Å². The molecule has 4 bridgehead atoms. The maximum absolute atomic E-state index is 13.0. The van der Waals surface area contributed by atoms with E-state index in [0.29, 0.717) is 19.1 Å². The van der Waals surface area contributed by atoms with E-state index in [9.17, 15) is 4.79 Å². The number of nitrogens with one attached hydrogen (secondary N) is 2. The lowest BCUT2D eigenvalue weighted by atomic mass is 9.49. The predicted molar refractivity (Wildman–Crippen MR) is 112 cm³/mol. The molecule has 158 valence electrons. The fourth-order valence-corrected chi connectivity index (χ4v) is 6.76. The molecular formula is C24H34N2O3. The van der Waals surface area contributed by atoms with Crippen LogP contribution in [0.15, 0.2) is 12.1 Å². The molecule has 1 unspecified atom stereocenters. The summed E-state index contributed by atoms with van der Waals surface area (Å²) >= 11 is 0. The van der Waals surface area contributed by atoms with E-state index >= 15 is 0 Å². The number of hydrogen-bond donors (Lipinski definition) is 2. The minimum atomic E-state index is -0.0472. The van der Waals surface area contributed by atoms with Crippen LogP contribution < -0.4 is 20.1 Å². The van der Waals surface area contributed by atoms with E-state index < -0.39 is 0 Å². The molecule has 0 saturated heterocycles. The molecule has 4 saturated carbocycles. The molecule has 5 heteroatoms. The Balaban J connectivity index is 1.06. The number of benzene rings is 1. The van der Waals surface area contributed by atoms with Crippen molar-refractivity contribution in [2.45, 2.75) is 58.5 Å². The lowest BCUT2D eigenvalue weighted by Crippen LogP contribution is -2.54. The average molecular weight is 399 g/mol. The summed E-state index contributed by atoms with van der Waals surface area (Å²) in [5, 5.41) is 6.66. The molecule has 29 heavy (non-hydrogen) atoms. The molecular weight excluding hydrogens is 364 g/mol. The highest BCUT2D eigenvalue weighted by atomic mass is 16.6. The van der Waals surface area contributed by atoms with Crippen LogP contribution in [0, 0.1) is 37.0 Å². The molecule has 1 atom stereocenters. The van der Waals surface area contributed by atoms with Crippen LogP contribution in [0.2, 0.25) is 0 Å². The summed E-state index contributed by atoms with van der Waals surface area (Å²) in [5.41, 5.74) is 2.26. The molecule has 2 N–H and O–H groups in total. The molecule has 0 radical (unpaired) electrons. The second kappa shape index (κ2) is 7.50. The predicted octanol–water partition coefficient (Wildman–Crippen LogP) is 3.37. The van der Waals surface area contributed by atoms with Gasteiger partial charge in [-0.15, -0.1) is 0 Å². The minimum Gasteiger partial charge on any atom is -0.486 e. The zero-order valence-corrected chi connectivity index (χ0v) is 17.8. The lowest BCUT2D eigenvalue weighted by Gasteiger charge is -2.55. The van der Waals surface area contributed by atoms with Gasteiger partial charge < -0.3 is 20.1 Å². The lowest BCUT2D eigenvalue weighted by molar-refractivity contribution is -0.146. The van der Waals surface area contributed by atoms with Gasteiger partial charge in [0.15, 0.2) is 11.5 Å². The number of hydrogen-bond acceptors (Lipinski definition) is 4. The van der Waals surface area contributed by atoms with Gasteiger partial charge in [-0.05, 0) is 87.3 Å². The molecule has 0 aromatic heterocycles. The summed E-state index contributed by atoms with van der Waals surface area (Å²) in [6.45, 7) is 6.86. The van der Waals surface area contributed by atoms with Gasteiger partial charge in [0.25, 0.3) is 0 Å². The van der Waals surface area contributed by atoms with Gasteiger partial charge in [-0.3, -0.25) is 4.79 Å². The SMILES string of the molecule is Cc1cc(C)c2c(c1)OCC(CNCCNC(=O)C13CC4CC(CC(C4)C1)C3)O2. The Morgan fingerprint density at radius 2 is 1.76 bits per heavy atom. The van der Waals surface area contributed by atoms with Crippen LogP contribution in [0.5, 0.6) is 11.5 Å². The first-order chi connectivity index (χ1) is 14.0. The third-order valence-corrected chi connectivity index (χ3v) is 7.57. The first-order valence-corrected chi connectivity index (χ1v) is 11.4. The summed E-state index contributed by atoms with van der Waals surface area (Å²) in [7, 11) is 0. The molecule has 4 fully saturated rings. The van der Waals surface area contributed by atoms with Crippen molar-refractivity contribution >= 4 is 5.91 Å². The van der Waals surface area contributed by atoms with Gasteiger partial charge in [0.2, 0.25) is 5.91 Å². The van der Waals surface area contributed by atoms with Crippen molar-refractivity contribution in [3.8, 4) is 11.5 Å². The van der Waals surface area contributed by atoms with Crippen LogP contribution in [0.25, 0.3) is 0 Å². The van der Waals surface area contributed by atoms with Crippen LogP contribution >= 0.6 is 0 Å². The van der Waals surface area contributed by atoms with Crippen molar-refractivity contribution in [3.63, 3.8) is 0 Å². The van der Waals surface area contributed by atoms with E-state index in [0.717, 1.165) is 67.2 Å². The third kappa shape index (κ3) is 3.74. The topological polar surface area (TPSA) is 59.6 Å². The van der Waals surface area contributed by atoms with E-state index in [4.69, 9.17) is 9.47 Å². The number of amides is 1. The molecule has 5 aliphatic rings. The fraction of sp³-hybridized carbons (Fsp3) is 0.708. The average Bonchev–Trinajstić information content (AvgIpc) is 2.67. The maximum atomic E-state index is 13.0. The maximum Gasteiger partial charge on any atom is 0.226 e. The Morgan fingerprint density at radius 3 is 2.45 bits per heavy atom. The highest BCUT2D eigenvalue weighted by Crippen LogP contribution is 2.60. The van der Waals surface area contributed by atoms with E-state index in [2.05, 4.69) is 30.5 Å². The largest absolute Gasteiger partial charge is 0.486 e. The first kappa shape index (κ1) is 19.2. The van der Waals surface area contributed by atoms with Gasteiger partial charge in [0.05, 0.1) is 0 Å². The highest BCUT2D eigenvalue weighted by molar-refractivity contribution is 5.83. The van der Waals surface area contributed by atoms with Crippen molar-refractivity contribution in [3.05, 3.63) is 23.3 Å². The Labute approximate surface area is 173 Å². The van der Waals surface area contributed by atoms with Crippen LogP contribution in [0.3, 0.4) is 0 Å². The number of carbonyl (C=O) groups excluding carboxylic acids is 1. The van der Waals surface area contributed by atoms with E-state index in [1.54, 1.807) is 0 Å². The smallest absolute Gasteiger partial charge is 0.226 e. The van der Waals surface area contributed by atoms with Gasteiger partial charge in [-0.1, -0.05) is 6.07 Å². The molecule has 1 aromatic carbocycles. The van der Waals surface area contributed by atoms with Crippen molar-refractivity contribution in [2.75, 3.05) is 26.2 Å². The zero-order chi connectivity index (χ0) is 20.0. The van der Waals surface area contributed by atoms with Crippen molar-refractivity contribution in [2.24, 2.45) is 23.2 Å². The zero-order valence-electron chi connectivity index (χ0n) is 17.8. The Hall–Kier alpha value is -1.75. The van der Waals surface area contributed by atoms with Gasteiger partial charge in [0, 0.05) is 25.0 Å². The molecule has 5 nitrogen and oxygen atoms in total. The summed E-state index contributed by atoms with van der Waals surface area (Å²) < 4.78 is 12.0. The second-order valence-corrected chi connectivity index (χ2v) is 10.1. The number of carbonyl (C=O) groups is 1. The number of fused-ring (bicyclic) bond motifs is 1. The standard InChI is InChI=1S/C24H34N2O3/c1-15-5-16(2)22-21(6-15)28-14-20(29-22)13-25-3-4-26-23(27)24-10-17-7-18(11-24)9-19(8-17)12-24/h5-6,17-20,25H,3-4,7-14H2,1-2H3,(H,26,27). The van der Waals surface area contributed by atoms with Crippen LogP contribution in [-0.4, -0.2) is 38.3 Å². The molecule has 1 amide bonds. The normalized spacial score (nSPS) is 34.3. The summed E-state index contributed by atoms with van der Waals surface area (Å²) in [6.07, 6.45) is 7.51. The number of rotatable bonds is 6. The molecule has 1 heterocycles. The number of aryl methyl sites for hydroxylation is 2. The van der Waals surface area contributed by atoms with Crippen molar-refractivity contribution in [1.29, 1.82) is 0 Å². The van der Waals surface area contributed by atoms with Gasteiger partial charge in [-0.2, -0.15) is 0 Å². The molecule has 4 aliphatic carbocycles. The van der Waals surface area contributed by atoms with Crippen LogP contribution in [-0.2, 0) is 4.79 Å². The highest BCUT2D eigenvalue weighted by Gasteiger charge is 2.54. The monoisotopic (exact) mass is 398 g/mol. The molecule has 0 spiro atoms. The molecule has 6 rings (SSSR count). The Bertz CT molecular complexity index is 755. The third-order valence-electron chi connectivity index (χ3n) is 7.57. The van der Waals surface area contributed by atoms with E-state index in [1.807, 2.05) is 6.07 Å². The van der Waals surface area contributed by atoms with Crippen LogP contribution in [0.1, 0.15) is 49.7 Å². The van der Waals surface area contributed by atoms with E-state index in [1.165, 1.54) is 24.8 Å². The van der Waals surface area contributed by atoms with Gasteiger partial charge in [-0.25, -0.2) is 0 Å². The van der Waals surface area contributed by atoms with Crippen molar-refractivity contribution < 1.29 is 14.3 Å². The summed E-state index contributed by atoms with van der Waals surface area (Å²) in [5.74, 6) is 4.46. The van der Waals surface area contributed by atoms with Crippen LogP contribution in [0.4, 0.5) is 0 Å². The molecule has 1 aliphatic heterocycles. The first-order valence-electron chi connectivity index (χ1n) is 11.4. The second-order valence-electron chi connectivity index (χ2n) is 10.1. The quantitative estimate of drug-likeness (QED) is 0.722.